The molecule has 154 valence electrons. The van der Waals surface area contributed by atoms with Crippen molar-refractivity contribution in [2.75, 3.05) is 31.0 Å². The fraction of sp³-hybridized carbons (Fsp3) is 0.364. The average Bonchev–Trinajstić information content (AvgIpc) is 2.73. The molecular formula is C22H26N2O5. The zero-order chi connectivity index (χ0) is 21.0. The van der Waals surface area contributed by atoms with Crippen molar-refractivity contribution in [3.63, 3.8) is 0 Å². The first-order valence-electron chi connectivity index (χ1n) is 9.64. The molecule has 0 radical (unpaired) electrons. The van der Waals surface area contributed by atoms with Crippen molar-refractivity contribution in [3.05, 3.63) is 42.0 Å². The summed E-state index contributed by atoms with van der Waals surface area (Å²) in [6.07, 6.45) is 1.34. The summed E-state index contributed by atoms with van der Waals surface area (Å²) < 4.78 is 16.2. The fourth-order valence-electron chi connectivity index (χ4n) is 3.21. The minimum absolute atomic E-state index is 0.0747. The molecule has 0 fully saturated rings. The van der Waals surface area contributed by atoms with Crippen LogP contribution >= 0.6 is 0 Å². The quantitative estimate of drug-likeness (QED) is 0.766. The number of amides is 2. The molecule has 2 amide bonds. The summed E-state index contributed by atoms with van der Waals surface area (Å²) in [6.45, 7) is 4.44. The van der Waals surface area contributed by atoms with Gasteiger partial charge in [0.25, 0.3) is 11.8 Å². The molecule has 2 aromatic rings. The van der Waals surface area contributed by atoms with Crippen LogP contribution in [0, 0.1) is 0 Å². The van der Waals surface area contributed by atoms with E-state index >= 15 is 0 Å². The van der Waals surface area contributed by atoms with E-state index in [0.29, 0.717) is 40.7 Å². The largest absolute Gasteiger partial charge is 0.493 e. The Balaban J connectivity index is 1.85. The van der Waals surface area contributed by atoms with Gasteiger partial charge in [-0.2, -0.15) is 0 Å². The van der Waals surface area contributed by atoms with E-state index in [4.69, 9.17) is 14.2 Å². The SMILES string of the molecule is CCCCN1C(=O)C(C)Oc2ccc(NC(=O)c3ccc(OC)c(OC)c3)cc21. The monoisotopic (exact) mass is 398 g/mol. The van der Waals surface area contributed by atoms with E-state index in [0.717, 1.165) is 12.8 Å². The lowest BCUT2D eigenvalue weighted by atomic mass is 10.1. The summed E-state index contributed by atoms with van der Waals surface area (Å²) in [5, 5.41) is 2.87. The van der Waals surface area contributed by atoms with Crippen molar-refractivity contribution >= 4 is 23.2 Å². The highest BCUT2D eigenvalue weighted by molar-refractivity contribution is 6.06. The van der Waals surface area contributed by atoms with Gasteiger partial charge in [-0.1, -0.05) is 13.3 Å². The maximum Gasteiger partial charge on any atom is 0.267 e. The summed E-state index contributed by atoms with van der Waals surface area (Å²) >= 11 is 0. The molecule has 7 heteroatoms. The number of rotatable bonds is 7. The van der Waals surface area contributed by atoms with Gasteiger partial charge in [0.15, 0.2) is 17.6 Å². The van der Waals surface area contributed by atoms with Crippen LogP contribution in [0.3, 0.4) is 0 Å². The first-order valence-corrected chi connectivity index (χ1v) is 9.64. The van der Waals surface area contributed by atoms with Crippen LogP contribution in [0.15, 0.2) is 36.4 Å². The van der Waals surface area contributed by atoms with Crippen molar-refractivity contribution in [1.29, 1.82) is 0 Å². The molecule has 1 aliphatic rings. The minimum Gasteiger partial charge on any atom is -0.493 e. The third-order valence-corrected chi connectivity index (χ3v) is 4.81. The zero-order valence-electron chi connectivity index (χ0n) is 17.2. The fourth-order valence-corrected chi connectivity index (χ4v) is 3.21. The number of fused-ring (bicyclic) bond motifs is 1. The summed E-state index contributed by atoms with van der Waals surface area (Å²) in [5.74, 6) is 1.30. The van der Waals surface area contributed by atoms with Crippen LogP contribution in [0.1, 0.15) is 37.0 Å². The molecule has 1 N–H and O–H groups in total. The predicted molar refractivity (Wildman–Crippen MR) is 111 cm³/mol. The molecule has 0 saturated heterocycles. The van der Waals surface area contributed by atoms with E-state index in [9.17, 15) is 9.59 Å². The Labute approximate surface area is 170 Å². The molecule has 0 saturated carbocycles. The third kappa shape index (κ3) is 4.29. The van der Waals surface area contributed by atoms with Gasteiger partial charge < -0.3 is 24.4 Å². The molecule has 7 nitrogen and oxygen atoms in total. The van der Waals surface area contributed by atoms with Crippen molar-refractivity contribution < 1.29 is 23.8 Å². The van der Waals surface area contributed by atoms with Crippen LogP contribution in [0.25, 0.3) is 0 Å². The number of nitrogens with zero attached hydrogens (tertiary/aromatic N) is 1. The lowest BCUT2D eigenvalue weighted by Crippen LogP contribution is -2.44. The summed E-state index contributed by atoms with van der Waals surface area (Å²) in [7, 11) is 3.06. The summed E-state index contributed by atoms with van der Waals surface area (Å²) in [5.41, 5.74) is 1.69. The first-order chi connectivity index (χ1) is 14.0. The number of carbonyl (C=O) groups is 2. The van der Waals surface area contributed by atoms with Gasteiger partial charge in [0.05, 0.1) is 19.9 Å². The Morgan fingerprint density at radius 1 is 1.14 bits per heavy atom. The number of ether oxygens (including phenoxy) is 3. The molecule has 2 aromatic carbocycles. The Morgan fingerprint density at radius 2 is 1.90 bits per heavy atom. The molecule has 0 bridgehead atoms. The highest BCUT2D eigenvalue weighted by Gasteiger charge is 2.31. The van der Waals surface area contributed by atoms with Crippen molar-refractivity contribution in [2.24, 2.45) is 0 Å². The Bertz CT molecular complexity index is 912. The van der Waals surface area contributed by atoms with Crippen molar-refractivity contribution in [2.45, 2.75) is 32.8 Å². The van der Waals surface area contributed by atoms with Crippen molar-refractivity contribution in [3.8, 4) is 17.2 Å². The van der Waals surface area contributed by atoms with Crippen LogP contribution in [0.2, 0.25) is 0 Å². The molecular weight excluding hydrogens is 372 g/mol. The molecule has 1 unspecified atom stereocenters. The van der Waals surface area contributed by atoms with Crippen LogP contribution < -0.4 is 24.4 Å². The van der Waals surface area contributed by atoms with Crippen LogP contribution in [-0.2, 0) is 4.79 Å². The highest BCUT2D eigenvalue weighted by Crippen LogP contribution is 2.37. The normalized spacial score (nSPS) is 15.4. The number of methoxy groups -OCH3 is 2. The molecule has 1 heterocycles. The van der Waals surface area contributed by atoms with Gasteiger partial charge in [0, 0.05) is 17.8 Å². The molecule has 1 atom stereocenters. The summed E-state index contributed by atoms with van der Waals surface area (Å²) in [6, 6.07) is 10.3. The topological polar surface area (TPSA) is 77.1 Å². The number of carbonyl (C=O) groups excluding carboxylic acids is 2. The highest BCUT2D eigenvalue weighted by atomic mass is 16.5. The molecule has 1 aliphatic heterocycles. The number of anilines is 2. The van der Waals surface area contributed by atoms with E-state index < -0.39 is 6.10 Å². The van der Waals surface area contributed by atoms with Crippen LogP contribution in [0.5, 0.6) is 17.2 Å². The number of unbranched alkanes of at least 4 members (excludes halogenated alkanes) is 1. The molecule has 0 aliphatic carbocycles. The molecule has 3 rings (SSSR count). The van der Waals surface area contributed by atoms with Gasteiger partial charge in [-0.25, -0.2) is 0 Å². The Hall–Kier alpha value is -3.22. The van der Waals surface area contributed by atoms with Gasteiger partial charge in [0.1, 0.15) is 5.75 Å². The van der Waals surface area contributed by atoms with Gasteiger partial charge in [-0.05, 0) is 49.7 Å². The average molecular weight is 398 g/mol. The minimum atomic E-state index is -0.522. The predicted octanol–water partition coefficient (Wildman–Crippen LogP) is 3.87. The number of nitrogens with one attached hydrogen (secondary N) is 1. The number of hydrogen-bond acceptors (Lipinski definition) is 5. The molecule has 0 aromatic heterocycles. The second-order valence-electron chi connectivity index (χ2n) is 6.81. The second kappa shape index (κ2) is 8.86. The lowest BCUT2D eigenvalue weighted by molar-refractivity contribution is -0.125. The van der Waals surface area contributed by atoms with E-state index in [2.05, 4.69) is 12.2 Å². The molecule has 29 heavy (non-hydrogen) atoms. The maximum atomic E-state index is 12.7. The van der Waals surface area contributed by atoms with Gasteiger partial charge in [0.2, 0.25) is 0 Å². The van der Waals surface area contributed by atoms with Crippen LogP contribution in [0.4, 0.5) is 11.4 Å². The van der Waals surface area contributed by atoms with Crippen molar-refractivity contribution in [1.82, 2.24) is 0 Å². The van der Waals surface area contributed by atoms with Crippen LogP contribution in [-0.4, -0.2) is 38.7 Å². The Morgan fingerprint density at radius 3 is 2.59 bits per heavy atom. The number of benzene rings is 2. The first kappa shape index (κ1) is 20.5. The van der Waals surface area contributed by atoms with E-state index in [1.54, 1.807) is 55.3 Å². The van der Waals surface area contributed by atoms with E-state index in [-0.39, 0.29) is 11.8 Å². The number of hydrogen-bond donors (Lipinski definition) is 1. The van der Waals surface area contributed by atoms with Gasteiger partial charge in [-0.15, -0.1) is 0 Å². The van der Waals surface area contributed by atoms with E-state index in [1.165, 1.54) is 7.11 Å². The molecule has 0 spiro atoms. The Kier molecular flexibility index (Phi) is 6.26. The standard InChI is InChI=1S/C22H26N2O5/c1-5-6-11-24-17-13-16(8-10-18(17)29-14(2)22(24)26)23-21(25)15-7-9-19(27-3)20(12-15)28-4/h7-10,12-14H,5-6,11H2,1-4H3,(H,23,25). The third-order valence-electron chi connectivity index (χ3n) is 4.81. The smallest absolute Gasteiger partial charge is 0.267 e. The van der Waals surface area contributed by atoms with Gasteiger partial charge >= 0.3 is 0 Å². The maximum absolute atomic E-state index is 12.7. The summed E-state index contributed by atoms with van der Waals surface area (Å²) in [4.78, 5) is 27.0. The lowest BCUT2D eigenvalue weighted by Gasteiger charge is -2.33. The second-order valence-corrected chi connectivity index (χ2v) is 6.81. The van der Waals surface area contributed by atoms with Gasteiger partial charge in [-0.3, -0.25) is 9.59 Å². The zero-order valence-corrected chi connectivity index (χ0v) is 17.2. The van der Waals surface area contributed by atoms with E-state index in [1.807, 2.05) is 0 Å².